The maximum atomic E-state index is 13.0. The fourth-order valence-corrected chi connectivity index (χ4v) is 4.86. The number of hydrogen-bond donors (Lipinski definition) is 2. The third kappa shape index (κ3) is 6.54. The molecular weight excluding hydrogens is 478 g/mol. The van der Waals surface area contributed by atoms with Gasteiger partial charge in [0.2, 0.25) is 0 Å². The molecule has 9 heteroatoms. The molecule has 2 amide bonds. The smallest absolute Gasteiger partial charge is 0.271 e. The molecular formula is C27H31N3O5S. The molecule has 3 aromatic rings. The number of carbonyl (C=O) groups excluding carboxylic acids is 2. The number of aryl methyl sites for hydroxylation is 1. The van der Waals surface area contributed by atoms with Crippen molar-refractivity contribution in [3.63, 3.8) is 0 Å². The summed E-state index contributed by atoms with van der Waals surface area (Å²) in [6, 6.07) is 12.5. The Kier molecular flexibility index (Phi) is 8.43. The first-order chi connectivity index (χ1) is 17.4. The number of hydrogen-bond acceptors (Lipinski definition) is 7. The lowest BCUT2D eigenvalue weighted by molar-refractivity contribution is 0.0860. The Labute approximate surface area is 215 Å². The lowest BCUT2D eigenvalue weighted by atomic mass is 9.90. The number of ether oxygens (including phenoxy) is 3. The standard InChI is InChI=1S/C27H31N3O5S/c1-17-8-10-19(11-9-17)35-15-25-28-24(16-36-25)27(32)30-23-7-5-4-6-22(23)29-26(31)18-12-20(33-2)14-21(13-18)34-3/h8-14,16,22-23H,4-7,15H2,1-3H3,(H,29,31)(H,30,32)/t22-,23+/m1/s1. The van der Waals surface area contributed by atoms with Crippen molar-refractivity contribution in [2.75, 3.05) is 14.2 Å². The number of nitrogens with one attached hydrogen (secondary N) is 2. The van der Waals surface area contributed by atoms with Crippen LogP contribution in [0.25, 0.3) is 0 Å². The van der Waals surface area contributed by atoms with Crippen molar-refractivity contribution < 1.29 is 23.8 Å². The summed E-state index contributed by atoms with van der Waals surface area (Å²) in [6.07, 6.45) is 3.53. The van der Waals surface area contributed by atoms with E-state index in [0.29, 0.717) is 29.4 Å². The van der Waals surface area contributed by atoms with Gasteiger partial charge in [-0.2, -0.15) is 0 Å². The highest BCUT2D eigenvalue weighted by atomic mass is 32.1. The van der Waals surface area contributed by atoms with Gasteiger partial charge in [-0.3, -0.25) is 9.59 Å². The number of benzene rings is 2. The molecule has 1 aliphatic carbocycles. The van der Waals surface area contributed by atoms with Gasteiger partial charge in [-0.25, -0.2) is 4.98 Å². The van der Waals surface area contributed by atoms with Crippen LogP contribution in [0.4, 0.5) is 0 Å². The van der Waals surface area contributed by atoms with E-state index in [2.05, 4.69) is 15.6 Å². The van der Waals surface area contributed by atoms with Gasteiger partial charge in [-0.1, -0.05) is 30.5 Å². The topological polar surface area (TPSA) is 98.8 Å². The zero-order valence-electron chi connectivity index (χ0n) is 20.7. The number of nitrogens with zero attached hydrogens (tertiary/aromatic N) is 1. The van der Waals surface area contributed by atoms with E-state index < -0.39 is 0 Å². The molecule has 1 saturated carbocycles. The minimum Gasteiger partial charge on any atom is -0.497 e. The van der Waals surface area contributed by atoms with Crippen molar-refractivity contribution in [3.05, 3.63) is 69.7 Å². The molecule has 1 aliphatic rings. The summed E-state index contributed by atoms with van der Waals surface area (Å²) in [4.78, 5) is 30.4. The lowest BCUT2D eigenvalue weighted by Crippen LogP contribution is -2.53. The van der Waals surface area contributed by atoms with Gasteiger partial charge in [-0.05, 0) is 44.0 Å². The Balaban J connectivity index is 1.36. The Morgan fingerprint density at radius 3 is 2.14 bits per heavy atom. The molecule has 1 heterocycles. The predicted molar refractivity (Wildman–Crippen MR) is 138 cm³/mol. The fraction of sp³-hybridized carbons (Fsp3) is 0.370. The first-order valence-electron chi connectivity index (χ1n) is 11.9. The number of rotatable bonds is 9. The van der Waals surface area contributed by atoms with Gasteiger partial charge in [0.25, 0.3) is 11.8 Å². The second-order valence-corrected chi connectivity index (χ2v) is 9.72. The van der Waals surface area contributed by atoms with Crippen LogP contribution < -0.4 is 24.8 Å². The van der Waals surface area contributed by atoms with Crippen molar-refractivity contribution in [2.45, 2.75) is 51.3 Å². The molecule has 2 atom stereocenters. The molecule has 4 rings (SSSR count). The highest BCUT2D eigenvalue weighted by Crippen LogP contribution is 2.24. The molecule has 0 unspecified atom stereocenters. The number of aromatic nitrogens is 1. The number of methoxy groups -OCH3 is 2. The summed E-state index contributed by atoms with van der Waals surface area (Å²) in [7, 11) is 3.09. The maximum absolute atomic E-state index is 13.0. The second-order valence-electron chi connectivity index (χ2n) is 8.77. The molecule has 2 N–H and O–H groups in total. The average molecular weight is 510 g/mol. The van der Waals surface area contributed by atoms with Gasteiger partial charge < -0.3 is 24.8 Å². The van der Waals surface area contributed by atoms with E-state index in [9.17, 15) is 9.59 Å². The molecule has 0 spiro atoms. The van der Waals surface area contributed by atoms with E-state index in [0.717, 1.165) is 42.0 Å². The molecule has 190 valence electrons. The van der Waals surface area contributed by atoms with Gasteiger partial charge in [0.1, 0.15) is 34.6 Å². The van der Waals surface area contributed by atoms with Crippen LogP contribution in [0.3, 0.4) is 0 Å². The Morgan fingerprint density at radius 2 is 1.53 bits per heavy atom. The summed E-state index contributed by atoms with van der Waals surface area (Å²) >= 11 is 1.39. The van der Waals surface area contributed by atoms with E-state index in [1.807, 2.05) is 31.2 Å². The maximum Gasteiger partial charge on any atom is 0.271 e. The highest BCUT2D eigenvalue weighted by molar-refractivity contribution is 7.09. The van der Waals surface area contributed by atoms with Crippen molar-refractivity contribution >= 4 is 23.2 Å². The largest absolute Gasteiger partial charge is 0.497 e. The highest BCUT2D eigenvalue weighted by Gasteiger charge is 2.29. The summed E-state index contributed by atoms with van der Waals surface area (Å²) in [5.41, 5.74) is 1.96. The first kappa shape index (κ1) is 25.5. The van der Waals surface area contributed by atoms with Crippen LogP contribution in [0.15, 0.2) is 47.8 Å². The second kappa shape index (κ2) is 11.9. The van der Waals surface area contributed by atoms with Crippen LogP contribution in [0, 0.1) is 6.92 Å². The predicted octanol–water partition coefficient (Wildman–Crippen LogP) is 4.52. The first-order valence-corrected chi connectivity index (χ1v) is 12.8. The van der Waals surface area contributed by atoms with Crippen LogP contribution in [0.1, 0.15) is 57.1 Å². The van der Waals surface area contributed by atoms with E-state index in [-0.39, 0.29) is 23.9 Å². The summed E-state index contributed by atoms with van der Waals surface area (Å²) in [6.45, 7) is 2.32. The van der Waals surface area contributed by atoms with Crippen molar-refractivity contribution in [2.24, 2.45) is 0 Å². The van der Waals surface area contributed by atoms with E-state index in [1.165, 1.54) is 11.3 Å². The summed E-state index contributed by atoms with van der Waals surface area (Å²) < 4.78 is 16.3. The fourth-order valence-electron chi connectivity index (χ4n) is 4.17. The number of carbonyl (C=O) groups is 2. The van der Waals surface area contributed by atoms with Crippen molar-refractivity contribution in [1.29, 1.82) is 0 Å². The van der Waals surface area contributed by atoms with Crippen LogP contribution in [-0.4, -0.2) is 43.1 Å². The van der Waals surface area contributed by atoms with Gasteiger partial charge in [0.05, 0.1) is 14.2 Å². The molecule has 8 nitrogen and oxygen atoms in total. The molecule has 2 aromatic carbocycles. The van der Waals surface area contributed by atoms with Gasteiger partial charge in [0, 0.05) is 29.1 Å². The molecule has 1 aromatic heterocycles. The van der Waals surface area contributed by atoms with E-state index >= 15 is 0 Å². The monoisotopic (exact) mass is 509 g/mol. The Bertz CT molecular complexity index is 1170. The van der Waals surface area contributed by atoms with Crippen LogP contribution in [0.2, 0.25) is 0 Å². The average Bonchev–Trinajstić information content (AvgIpc) is 3.38. The molecule has 1 fully saturated rings. The molecule has 0 bridgehead atoms. The lowest BCUT2D eigenvalue weighted by Gasteiger charge is -2.32. The normalized spacial score (nSPS) is 17.2. The summed E-state index contributed by atoms with van der Waals surface area (Å²) in [5.74, 6) is 1.36. The quantitative estimate of drug-likeness (QED) is 0.440. The third-order valence-electron chi connectivity index (χ3n) is 6.18. The molecule has 0 aliphatic heterocycles. The summed E-state index contributed by atoms with van der Waals surface area (Å²) in [5, 5.41) is 8.63. The number of thiazole rings is 1. The van der Waals surface area contributed by atoms with Crippen molar-refractivity contribution in [1.82, 2.24) is 15.6 Å². The van der Waals surface area contributed by atoms with Crippen LogP contribution in [-0.2, 0) is 6.61 Å². The third-order valence-corrected chi connectivity index (χ3v) is 7.00. The zero-order valence-corrected chi connectivity index (χ0v) is 21.5. The van der Waals surface area contributed by atoms with Gasteiger partial charge >= 0.3 is 0 Å². The van der Waals surface area contributed by atoms with E-state index in [1.54, 1.807) is 37.8 Å². The molecule has 0 radical (unpaired) electrons. The number of amides is 2. The Hall–Kier alpha value is -3.59. The minimum absolute atomic E-state index is 0.184. The van der Waals surface area contributed by atoms with Crippen LogP contribution in [0.5, 0.6) is 17.2 Å². The van der Waals surface area contributed by atoms with E-state index in [4.69, 9.17) is 14.2 Å². The molecule has 36 heavy (non-hydrogen) atoms. The van der Waals surface area contributed by atoms with Gasteiger partial charge in [-0.15, -0.1) is 11.3 Å². The zero-order chi connectivity index (χ0) is 25.5. The Morgan fingerprint density at radius 1 is 0.917 bits per heavy atom. The SMILES string of the molecule is COc1cc(OC)cc(C(=O)N[C@@H]2CCCC[C@@H]2NC(=O)c2csc(COc3ccc(C)cc3)n2)c1. The molecule has 0 saturated heterocycles. The van der Waals surface area contributed by atoms with Crippen molar-refractivity contribution in [3.8, 4) is 17.2 Å². The van der Waals surface area contributed by atoms with Gasteiger partial charge in [0.15, 0.2) is 0 Å². The minimum atomic E-state index is -0.248. The van der Waals surface area contributed by atoms with Crippen LogP contribution >= 0.6 is 11.3 Å².